The van der Waals surface area contributed by atoms with Crippen molar-refractivity contribution in [3.8, 4) is 0 Å². The molecule has 0 aromatic rings. The molecule has 1 rings (SSSR count). The smallest absolute Gasteiger partial charge is 0.0900 e. The van der Waals surface area contributed by atoms with E-state index in [1.807, 2.05) is 6.92 Å². The van der Waals surface area contributed by atoms with Crippen LogP contribution in [0.2, 0.25) is 0 Å². The summed E-state index contributed by atoms with van der Waals surface area (Å²) in [5.41, 5.74) is 0. The van der Waals surface area contributed by atoms with Gasteiger partial charge in [-0.25, -0.2) is 0 Å². The summed E-state index contributed by atoms with van der Waals surface area (Å²) in [6.07, 6.45) is 1.84. The average molecular weight is 288 g/mol. The minimum absolute atomic E-state index is 0.0306. The van der Waals surface area contributed by atoms with Gasteiger partial charge in [-0.3, -0.25) is 4.90 Å². The zero-order valence-corrected chi connectivity index (χ0v) is 13.5. The molecule has 0 radical (unpaired) electrons. The molecule has 1 aliphatic rings. The van der Waals surface area contributed by atoms with E-state index < -0.39 is 6.10 Å². The first-order chi connectivity index (χ1) is 9.60. The van der Waals surface area contributed by atoms with Crippen LogP contribution in [0.3, 0.4) is 0 Å². The van der Waals surface area contributed by atoms with Gasteiger partial charge in [0, 0.05) is 38.8 Å². The lowest BCUT2D eigenvalue weighted by Gasteiger charge is -2.40. The molecular formula is C15H32N2O3. The Balaban J connectivity index is 2.35. The lowest BCUT2D eigenvalue weighted by Crippen LogP contribution is -2.57. The first-order valence-corrected chi connectivity index (χ1v) is 7.86. The topological polar surface area (TPSA) is 54.0 Å². The van der Waals surface area contributed by atoms with E-state index >= 15 is 0 Å². The second-order valence-corrected chi connectivity index (χ2v) is 5.78. The lowest BCUT2D eigenvalue weighted by atomic mass is 10.0. The Kier molecular flexibility index (Phi) is 8.64. The fraction of sp³-hybridized carbons (Fsp3) is 1.00. The van der Waals surface area contributed by atoms with Crippen molar-refractivity contribution in [2.24, 2.45) is 0 Å². The fourth-order valence-electron chi connectivity index (χ4n) is 2.71. The molecule has 0 saturated carbocycles. The first kappa shape index (κ1) is 17.9. The predicted octanol–water partition coefficient (Wildman–Crippen LogP) is 0.861. The maximum absolute atomic E-state index is 10.2. The van der Waals surface area contributed by atoms with E-state index in [1.54, 1.807) is 7.11 Å². The van der Waals surface area contributed by atoms with E-state index in [0.29, 0.717) is 31.8 Å². The molecule has 5 heteroatoms. The highest BCUT2D eigenvalue weighted by atomic mass is 16.5. The number of hydrogen-bond acceptors (Lipinski definition) is 5. The quantitative estimate of drug-likeness (QED) is 0.659. The summed E-state index contributed by atoms with van der Waals surface area (Å²) in [5, 5.41) is 13.7. The van der Waals surface area contributed by atoms with Crippen molar-refractivity contribution in [1.82, 2.24) is 10.2 Å². The molecule has 5 nitrogen and oxygen atoms in total. The van der Waals surface area contributed by atoms with Gasteiger partial charge in [-0.15, -0.1) is 0 Å². The molecule has 0 bridgehead atoms. The van der Waals surface area contributed by atoms with E-state index in [1.165, 1.54) is 0 Å². The second-order valence-electron chi connectivity index (χ2n) is 5.78. The van der Waals surface area contributed by atoms with Gasteiger partial charge in [0.15, 0.2) is 0 Å². The summed E-state index contributed by atoms with van der Waals surface area (Å²) < 4.78 is 10.6. The van der Waals surface area contributed by atoms with Crippen molar-refractivity contribution in [3.63, 3.8) is 0 Å². The predicted molar refractivity (Wildman–Crippen MR) is 81.0 cm³/mol. The number of nitrogens with one attached hydrogen (secondary N) is 1. The van der Waals surface area contributed by atoms with Crippen LogP contribution in [-0.4, -0.2) is 74.3 Å². The molecule has 0 aromatic carbocycles. The molecule has 2 N–H and O–H groups in total. The van der Waals surface area contributed by atoms with Crippen LogP contribution in [0.15, 0.2) is 0 Å². The molecule has 20 heavy (non-hydrogen) atoms. The third kappa shape index (κ3) is 6.06. The van der Waals surface area contributed by atoms with Crippen molar-refractivity contribution < 1.29 is 14.6 Å². The number of aliphatic hydroxyl groups is 1. The number of hydrogen-bond donors (Lipinski definition) is 2. The Hall–Kier alpha value is -0.200. The number of rotatable bonds is 9. The number of nitrogens with zero attached hydrogens (tertiary/aromatic N) is 1. The Morgan fingerprint density at radius 1 is 1.30 bits per heavy atom. The highest BCUT2D eigenvalue weighted by Gasteiger charge is 2.27. The van der Waals surface area contributed by atoms with Gasteiger partial charge in [0.25, 0.3) is 0 Å². The van der Waals surface area contributed by atoms with Crippen LogP contribution in [0.5, 0.6) is 0 Å². The number of methoxy groups -OCH3 is 1. The monoisotopic (exact) mass is 288 g/mol. The summed E-state index contributed by atoms with van der Waals surface area (Å²) in [7, 11) is 1.66. The molecule has 4 unspecified atom stereocenters. The van der Waals surface area contributed by atoms with E-state index in [4.69, 9.17) is 9.47 Å². The minimum Gasteiger partial charge on any atom is -0.389 e. The summed E-state index contributed by atoms with van der Waals surface area (Å²) in [6.45, 7) is 10.0. The van der Waals surface area contributed by atoms with E-state index in [0.717, 1.165) is 25.9 Å². The van der Waals surface area contributed by atoms with Gasteiger partial charge in [-0.05, 0) is 19.8 Å². The summed E-state index contributed by atoms with van der Waals surface area (Å²) in [4.78, 5) is 2.40. The lowest BCUT2D eigenvalue weighted by molar-refractivity contribution is -0.0461. The Morgan fingerprint density at radius 3 is 2.65 bits per heavy atom. The van der Waals surface area contributed by atoms with Gasteiger partial charge >= 0.3 is 0 Å². The third-order valence-corrected chi connectivity index (χ3v) is 4.00. The van der Waals surface area contributed by atoms with Gasteiger partial charge in [-0.2, -0.15) is 0 Å². The van der Waals surface area contributed by atoms with Gasteiger partial charge in [0.05, 0.1) is 25.4 Å². The SMILES string of the molecule is CCC1CN(CC(O)COC(C)COC)C(CC)CN1. The molecule has 0 aromatic heterocycles. The number of piperazine rings is 1. The molecule has 0 aliphatic carbocycles. The Morgan fingerprint density at radius 2 is 2.05 bits per heavy atom. The average Bonchev–Trinajstić information content (AvgIpc) is 2.45. The van der Waals surface area contributed by atoms with Gasteiger partial charge in [0.2, 0.25) is 0 Å². The standard InChI is InChI=1S/C15H32N2O3/c1-5-13-8-17(14(6-2)7-16-13)9-15(18)11-20-12(3)10-19-4/h12-16,18H,5-11H2,1-4H3. The second kappa shape index (κ2) is 9.68. The van der Waals surface area contributed by atoms with E-state index in [2.05, 4.69) is 24.1 Å². The number of ether oxygens (including phenoxy) is 2. The zero-order valence-electron chi connectivity index (χ0n) is 13.5. The Labute approximate surface area is 123 Å². The molecular weight excluding hydrogens is 256 g/mol. The molecule has 0 amide bonds. The van der Waals surface area contributed by atoms with Crippen LogP contribution in [0.25, 0.3) is 0 Å². The zero-order chi connectivity index (χ0) is 15.0. The molecule has 1 aliphatic heterocycles. The van der Waals surface area contributed by atoms with Crippen LogP contribution in [0.4, 0.5) is 0 Å². The van der Waals surface area contributed by atoms with Crippen molar-refractivity contribution in [3.05, 3.63) is 0 Å². The maximum atomic E-state index is 10.2. The van der Waals surface area contributed by atoms with Gasteiger partial charge in [-0.1, -0.05) is 13.8 Å². The van der Waals surface area contributed by atoms with Crippen molar-refractivity contribution in [1.29, 1.82) is 0 Å². The maximum Gasteiger partial charge on any atom is 0.0900 e. The largest absolute Gasteiger partial charge is 0.389 e. The Bertz CT molecular complexity index is 253. The van der Waals surface area contributed by atoms with Crippen LogP contribution in [0.1, 0.15) is 33.6 Å². The van der Waals surface area contributed by atoms with Crippen molar-refractivity contribution in [2.45, 2.75) is 57.9 Å². The first-order valence-electron chi connectivity index (χ1n) is 7.86. The van der Waals surface area contributed by atoms with Crippen molar-refractivity contribution in [2.75, 3.05) is 40.0 Å². The molecule has 1 fully saturated rings. The van der Waals surface area contributed by atoms with Crippen LogP contribution in [0, 0.1) is 0 Å². The molecule has 120 valence electrons. The summed E-state index contributed by atoms with van der Waals surface area (Å²) >= 11 is 0. The molecule has 1 saturated heterocycles. The van der Waals surface area contributed by atoms with E-state index in [9.17, 15) is 5.11 Å². The van der Waals surface area contributed by atoms with Crippen molar-refractivity contribution >= 4 is 0 Å². The third-order valence-electron chi connectivity index (χ3n) is 4.00. The van der Waals surface area contributed by atoms with Gasteiger partial charge < -0.3 is 19.9 Å². The van der Waals surface area contributed by atoms with Crippen LogP contribution in [-0.2, 0) is 9.47 Å². The highest BCUT2D eigenvalue weighted by Crippen LogP contribution is 2.13. The normalized spacial score (nSPS) is 27.4. The minimum atomic E-state index is -0.432. The fourth-order valence-corrected chi connectivity index (χ4v) is 2.71. The number of aliphatic hydroxyl groups excluding tert-OH is 1. The van der Waals surface area contributed by atoms with E-state index in [-0.39, 0.29) is 6.10 Å². The van der Waals surface area contributed by atoms with Gasteiger partial charge in [0.1, 0.15) is 0 Å². The highest BCUT2D eigenvalue weighted by molar-refractivity contribution is 4.86. The van der Waals surface area contributed by atoms with Crippen LogP contribution >= 0.6 is 0 Å². The molecule has 0 spiro atoms. The summed E-state index contributed by atoms with van der Waals surface area (Å²) in [5.74, 6) is 0. The van der Waals surface area contributed by atoms with Crippen LogP contribution < -0.4 is 5.32 Å². The molecule has 4 atom stereocenters. The number of β-amino-alcohol motifs (C(OH)–C–C–N with tert-alkyl or cyclic N) is 1. The summed E-state index contributed by atoms with van der Waals surface area (Å²) in [6, 6.07) is 1.06. The molecule has 1 heterocycles.